The second-order valence-electron chi connectivity index (χ2n) is 4.12. The van der Waals surface area contributed by atoms with Crippen molar-refractivity contribution in [1.82, 2.24) is 0 Å². The molecule has 12 heavy (non-hydrogen) atoms. The van der Waals surface area contributed by atoms with Crippen LogP contribution < -0.4 is 11.5 Å². The molecule has 0 fully saturated rings. The summed E-state index contributed by atoms with van der Waals surface area (Å²) in [5.41, 5.74) is 9.28. The van der Waals surface area contributed by atoms with Gasteiger partial charge in [0.05, 0.1) is 0 Å². The van der Waals surface area contributed by atoms with E-state index in [9.17, 15) is 4.79 Å². The largest absolute Gasteiger partial charge is 0.459 e. The lowest BCUT2D eigenvalue weighted by Crippen LogP contribution is -2.53. The van der Waals surface area contributed by atoms with Gasteiger partial charge >= 0.3 is 5.97 Å². The Hall–Kier alpha value is -0.610. The zero-order chi connectivity index (χ0) is 9.99. The first kappa shape index (κ1) is 11.4. The van der Waals surface area contributed by atoms with E-state index in [-0.39, 0.29) is 6.54 Å². The Bertz CT molecular complexity index is 170. The van der Waals surface area contributed by atoms with Crippen LogP contribution in [0.1, 0.15) is 27.7 Å². The van der Waals surface area contributed by atoms with Crippen LogP contribution in [-0.4, -0.2) is 23.7 Å². The van der Waals surface area contributed by atoms with E-state index in [1.165, 1.54) is 0 Å². The fraction of sp³-hybridized carbons (Fsp3) is 0.875. The van der Waals surface area contributed by atoms with Gasteiger partial charge < -0.3 is 16.2 Å². The van der Waals surface area contributed by atoms with Crippen LogP contribution >= 0.6 is 0 Å². The number of rotatable bonds is 2. The van der Waals surface area contributed by atoms with Gasteiger partial charge in [-0.25, -0.2) is 4.79 Å². The number of esters is 1. The number of carbonyl (C=O) groups is 1. The first-order valence-corrected chi connectivity index (χ1v) is 3.91. The zero-order valence-corrected chi connectivity index (χ0v) is 8.18. The molecular weight excluding hydrogens is 156 g/mol. The molecule has 4 heteroatoms. The number of ether oxygens (including phenoxy) is 1. The predicted molar refractivity (Wildman–Crippen MR) is 47.5 cm³/mol. The Labute approximate surface area is 73.2 Å². The maximum absolute atomic E-state index is 11.3. The molecule has 0 aromatic heterocycles. The molecule has 0 aliphatic rings. The summed E-state index contributed by atoms with van der Waals surface area (Å²) in [5, 5.41) is 0. The second-order valence-corrected chi connectivity index (χ2v) is 4.12. The molecule has 0 aliphatic heterocycles. The molecule has 0 radical (unpaired) electrons. The second kappa shape index (κ2) is 3.41. The molecule has 0 aromatic rings. The number of nitrogens with two attached hydrogens (primary N) is 2. The molecule has 4 N–H and O–H groups in total. The van der Waals surface area contributed by atoms with Crippen molar-refractivity contribution in [2.24, 2.45) is 11.5 Å². The van der Waals surface area contributed by atoms with E-state index in [0.717, 1.165) is 0 Å². The van der Waals surface area contributed by atoms with Crippen molar-refractivity contribution in [2.75, 3.05) is 6.54 Å². The third kappa shape index (κ3) is 3.69. The van der Waals surface area contributed by atoms with E-state index in [1.54, 1.807) is 27.7 Å². The highest BCUT2D eigenvalue weighted by molar-refractivity contribution is 5.80. The molecule has 0 aliphatic carbocycles. The Morgan fingerprint density at radius 1 is 1.33 bits per heavy atom. The number of carbonyl (C=O) groups excluding carboxylic acids is 1. The molecule has 0 saturated heterocycles. The van der Waals surface area contributed by atoms with E-state index >= 15 is 0 Å². The first-order chi connectivity index (χ1) is 5.19. The summed E-state index contributed by atoms with van der Waals surface area (Å²) in [6.45, 7) is 7.01. The van der Waals surface area contributed by atoms with Gasteiger partial charge in [0.1, 0.15) is 11.1 Å². The quantitative estimate of drug-likeness (QED) is 0.578. The molecule has 0 rings (SSSR count). The van der Waals surface area contributed by atoms with Crippen molar-refractivity contribution in [3.8, 4) is 0 Å². The highest BCUT2D eigenvalue weighted by Gasteiger charge is 2.31. The maximum atomic E-state index is 11.3. The van der Waals surface area contributed by atoms with E-state index in [4.69, 9.17) is 16.2 Å². The van der Waals surface area contributed by atoms with Crippen LogP contribution in [0.2, 0.25) is 0 Å². The standard InChI is InChI=1S/C8H18N2O2/c1-7(2,3)12-6(11)8(4,10)5-9/h5,9-10H2,1-4H3/t8-/m0/s1. The molecule has 0 spiro atoms. The van der Waals surface area contributed by atoms with Crippen LogP contribution in [0.25, 0.3) is 0 Å². The number of hydrogen-bond acceptors (Lipinski definition) is 4. The molecule has 4 nitrogen and oxygen atoms in total. The third-order valence-corrected chi connectivity index (χ3v) is 1.29. The van der Waals surface area contributed by atoms with Gasteiger partial charge in [-0.1, -0.05) is 0 Å². The average Bonchev–Trinajstić information content (AvgIpc) is 1.84. The summed E-state index contributed by atoms with van der Waals surface area (Å²) in [6, 6.07) is 0. The van der Waals surface area contributed by atoms with Gasteiger partial charge in [0.15, 0.2) is 0 Å². The Balaban J connectivity index is 4.23. The van der Waals surface area contributed by atoms with Crippen molar-refractivity contribution in [3.63, 3.8) is 0 Å². The van der Waals surface area contributed by atoms with Gasteiger partial charge in [-0.2, -0.15) is 0 Å². The van der Waals surface area contributed by atoms with Gasteiger partial charge in [-0.3, -0.25) is 0 Å². The van der Waals surface area contributed by atoms with Gasteiger partial charge in [0.25, 0.3) is 0 Å². The lowest BCUT2D eigenvalue weighted by Gasteiger charge is -2.27. The molecular formula is C8H18N2O2. The summed E-state index contributed by atoms with van der Waals surface area (Å²) in [4.78, 5) is 11.3. The molecule has 0 unspecified atom stereocenters. The lowest BCUT2D eigenvalue weighted by atomic mass is 10.0. The SMILES string of the molecule is CC(C)(C)OC(=O)[C@@](C)(N)CN. The van der Waals surface area contributed by atoms with Gasteiger partial charge in [0.2, 0.25) is 0 Å². The molecule has 0 aromatic carbocycles. The molecule has 1 atom stereocenters. The summed E-state index contributed by atoms with van der Waals surface area (Å²) in [6.07, 6.45) is 0. The minimum Gasteiger partial charge on any atom is -0.459 e. The fourth-order valence-corrected chi connectivity index (χ4v) is 0.478. The van der Waals surface area contributed by atoms with E-state index in [1.807, 2.05) is 0 Å². The lowest BCUT2D eigenvalue weighted by molar-refractivity contribution is -0.160. The van der Waals surface area contributed by atoms with Crippen LogP contribution in [0.5, 0.6) is 0 Å². The minimum atomic E-state index is -1.08. The van der Waals surface area contributed by atoms with E-state index in [0.29, 0.717) is 0 Å². The zero-order valence-electron chi connectivity index (χ0n) is 8.18. The van der Waals surface area contributed by atoms with Crippen molar-refractivity contribution in [2.45, 2.75) is 38.8 Å². The molecule has 0 amide bonds. The molecule has 0 bridgehead atoms. The van der Waals surface area contributed by atoms with Crippen LogP contribution in [0.15, 0.2) is 0 Å². The highest BCUT2D eigenvalue weighted by atomic mass is 16.6. The topological polar surface area (TPSA) is 78.3 Å². The summed E-state index contributed by atoms with van der Waals surface area (Å²) < 4.78 is 5.05. The average molecular weight is 174 g/mol. The smallest absolute Gasteiger partial charge is 0.327 e. The van der Waals surface area contributed by atoms with Crippen molar-refractivity contribution < 1.29 is 9.53 Å². The summed E-state index contributed by atoms with van der Waals surface area (Å²) in [7, 11) is 0. The van der Waals surface area contributed by atoms with Crippen LogP contribution in [0.4, 0.5) is 0 Å². The van der Waals surface area contributed by atoms with Gasteiger partial charge in [0, 0.05) is 6.54 Å². The Kier molecular flexibility index (Phi) is 3.24. The van der Waals surface area contributed by atoms with Crippen molar-refractivity contribution >= 4 is 5.97 Å². The third-order valence-electron chi connectivity index (χ3n) is 1.29. The molecule has 0 heterocycles. The van der Waals surface area contributed by atoms with Gasteiger partial charge in [-0.05, 0) is 27.7 Å². The highest BCUT2D eigenvalue weighted by Crippen LogP contribution is 2.11. The van der Waals surface area contributed by atoms with Crippen LogP contribution in [0, 0.1) is 0 Å². The monoisotopic (exact) mass is 174 g/mol. The Morgan fingerprint density at radius 3 is 2.00 bits per heavy atom. The van der Waals surface area contributed by atoms with Gasteiger partial charge in [-0.15, -0.1) is 0 Å². The molecule has 0 saturated carbocycles. The first-order valence-electron chi connectivity index (χ1n) is 3.91. The normalized spacial score (nSPS) is 16.8. The van der Waals surface area contributed by atoms with E-state index in [2.05, 4.69) is 0 Å². The van der Waals surface area contributed by atoms with Crippen LogP contribution in [0.3, 0.4) is 0 Å². The summed E-state index contributed by atoms with van der Waals surface area (Å²) >= 11 is 0. The fourth-order valence-electron chi connectivity index (χ4n) is 0.478. The summed E-state index contributed by atoms with van der Waals surface area (Å²) in [5.74, 6) is -0.461. The van der Waals surface area contributed by atoms with Crippen LogP contribution in [-0.2, 0) is 9.53 Å². The number of hydrogen-bond donors (Lipinski definition) is 2. The minimum absolute atomic E-state index is 0.0852. The maximum Gasteiger partial charge on any atom is 0.327 e. The predicted octanol–water partition coefficient (Wildman–Crippen LogP) is 0.00420. The van der Waals surface area contributed by atoms with Crippen molar-refractivity contribution in [1.29, 1.82) is 0 Å². The molecule has 72 valence electrons. The van der Waals surface area contributed by atoms with E-state index < -0.39 is 17.1 Å². The Morgan fingerprint density at radius 2 is 1.75 bits per heavy atom. The van der Waals surface area contributed by atoms with Crippen molar-refractivity contribution in [3.05, 3.63) is 0 Å².